The molecule has 1 aromatic carbocycles. The monoisotopic (exact) mass is 249 g/mol. The number of hydrogen-bond donors (Lipinski definition) is 4. The minimum absolute atomic E-state index is 0.165. The van der Waals surface area contributed by atoms with Gasteiger partial charge in [0.05, 0.1) is 12.1 Å². The Hall–Kier alpha value is -1.59. The van der Waals surface area contributed by atoms with E-state index in [2.05, 4.69) is 16.0 Å². The Morgan fingerprint density at radius 2 is 2.17 bits per heavy atom. The molecule has 2 rings (SSSR count). The molecule has 18 heavy (non-hydrogen) atoms. The number of benzene rings is 1. The predicted molar refractivity (Wildman–Crippen MR) is 69.1 cm³/mol. The maximum atomic E-state index is 11.7. The maximum absolute atomic E-state index is 11.7. The van der Waals surface area contributed by atoms with Crippen LogP contribution in [0.4, 0.5) is 4.79 Å². The van der Waals surface area contributed by atoms with Crippen molar-refractivity contribution in [2.75, 3.05) is 13.1 Å². The Morgan fingerprint density at radius 1 is 1.39 bits per heavy atom. The van der Waals surface area contributed by atoms with Crippen LogP contribution in [0.25, 0.3) is 0 Å². The highest BCUT2D eigenvalue weighted by Gasteiger charge is 2.23. The zero-order valence-electron chi connectivity index (χ0n) is 10.2. The first kappa shape index (κ1) is 12.9. The second-order valence-corrected chi connectivity index (χ2v) is 4.48. The fraction of sp³-hybridized carbons (Fsp3) is 0.462. The summed E-state index contributed by atoms with van der Waals surface area (Å²) in [7, 11) is 0. The molecule has 0 radical (unpaired) electrons. The third-order valence-corrected chi connectivity index (χ3v) is 3.06. The van der Waals surface area contributed by atoms with Gasteiger partial charge in [0.2, 0.25) is 0 Å². The number of aliphatic hydroxyl groups excluding tert-OH is 1. The molecule has 1 aromatic rings. The Balaban J connectivity index is 1.75. The third-order valence-electron chi connectivity index (χ3n) is 3.06. The summed E-state index contributed by atoms with van der Waals surface area (Å²) in [6, 6.07) is 9.33. The van der Waals surface area contributed by atoms with E-state index in [0.717, 1.165) is 18.5 Å². The molecule has 1 fully saturated rings. The van der Waals surface area contributed by atoms with E-state index in [1.165, 1.54) is 0 Å². The number of β-amino-alcohol motifs (C(OH)–C–C–N with tert-alkyl or cyclic N) is 1. The lowest BCUT2D eigenvalue weighted by molar-refractivity contribution is 0.106. The lowest BCUT2D eigenvalue weighted by Crippen LogP contribution is -2.54. The van der Waals surface area contributed by atoms with E-state index in [4.69, 9.17) is 0 Å². The van der Waals surface area contributed by atoms with Gasteiger partial charge < -0.3 is 21.1 Å². The zero-order valence-corrected chi connectivity index (χ0v) is 10.2. The molecule has 0 spiro atoms. The number of amides is 2. The highest BCUT2D eigenvalue weighted by Crippen LogP contribution is 2.03. The molecule has 0 aromatic heterocycles. The van der Waals surface area contributed by atoms with Crippen LogP contribution in [-0.4, -0.2) is 36.4 Å². The number of carbonyl (C=O) groups is 1. The van der Waals surface area contributed by atoms with Crippen molar-refractivity contribution in [1.82, 2.24) is 16.0 Å². The van der Waals surface area contributed by atoms with Gasteiger partial charge in [-0.15, -0.1) is 0 Å². The molecule has 2 atom stereocenters. The van der Waals surface area contributed by atoms with Crippen molar-refractivity contribution in [1.29, 1.82) is 0 Å². The number of rotatable bonds is 3. The first-order valence-electron chi connectivity index (χ1n) is 6.23. The van der Waals surface area contributed by atoms with Crippen LogP contribution in [-0.2, 0) is 6.54 Å². The third kappa shape index (κ3) is 3.72. The molecular weight excluding hydrogens is 230 g/mol. The second kappa shape index (κ2) is 6.37. The standard InChI is InChI=1S/C13H19N3O2/c17-12-9-14-7-6-11(12)16-13(18)15-8-10-4-2-1-3-5-10/h1-5,11-12,14,17H,6-9H2,(H2,15,16,18)/t11-,12-/m1/s1. The average molecular weight is 249 g/mol. The van der Waals surface area contributed by atoms with Crippen LogP contribution in [0.5, 0.6) is 0 Å². The SMILES string of the molecule is O=C(NCc1ccccc1)N[C@@H]1CCNC[C@H]1O. The van der Waals surface area contributed by atoms with E-state index in [-0.39, 0.29) is 12.1 Å². The quantitative estimate of drug-likeness (QED) is 0.618. The van der Waals surface area contributed by atoms with Gasteiger partial charge in [0.25, 0.3) is 0 Å². The molecule has 2 amide bonds. The highest BCUT2D eigenvalue weighted by molar-refractivity contribution is 5.74. The van der Waals surface area contributed by atoms with Crippen molar-refractivity contribution < 1.29 is 9.90 Å². The van der Waals surface area contributed by atoms with Crippen molar-refractivity contribution in [3.05, 3.63) is 35.9 Å². The lowest BCUT2D eigenvalue weighted by atomic mass is 10.0. The van der Waals surface area contributed by atoms with Crippen LogP contribution in [0, 0.1) is 0 Å². The molecule has 1 aliphatic rings. The molecule has 4 N–H and O–H groups in total. The number of piperidine rings is 1. The van der Waals surface area contributed by atoms with Crippen LogP contribution in [0.2, 0.25) is 0 Å². The van der Waals surface area contributed by atoms with Gasteiger partial charge in [-0.05, 0) is 18.5 Å². The molecule has 0 aliphatic carbocycles. The number of hydrogen-bond acceptors (Lipinski definition) is 3. The van der Waals surface area contributed by atoms with Gasteiger partial charge in [-0.25, -0.2) is 4.79 Å². The van der Waals surface area contributed by atoms with E-state index < -0.39 is 6.10 Å². The largest absolute Gasteiger partial charge is 0.390 e. The Kier molecular flexibility index (Phi) is 4.55. The summed E-state index contributed by atoms with van der Waals surface area (Å²) in [5.41, 5.74) is 1.05. The topological polar surface area (TPSA) is 73.4 Å². The molecule has 1 heterocycles. The van der Waals surface area contributed by atoms with Gasteiger partial charge in [0.1, 0.15) is 0 Å². The Bertz CT molecular complexity index is 383. The summed E-state index contributed by atoms with van der Waals surface area (Å²) in [4.78, 5) is 11.7. The van der Waals surface area contributed by atoms with Gasteiger partial charge in [-0.3, -0.25) is 0 Å². The van der Waals surface area contributed by atoms with Gasteiger partial charge in [-0.1, -0.05) is 30.3 Å². The number of urea groups is 1. The predicted octanol–water partition coefficient (Wildman–Crippen LogP) is 0.209. The summed E-state index contributed by atoms with van der Waals surface area (Å²) in [6.45, 7) is 1.85. The van der Waals surface area contributed by atoms with Gasteiger partial charge >= 0.3 is 6.03 Å². The van der Waals surface area contributed by atoms with Crippen molar-refractivity contribution in [2.24, 2.45) is 0 Å². The minimum atomic E-state index is -0.513. The van der Waals surface area contributed by atoms with Gasteiger partial charge in [0.15, 0.2) is 0 Å². The van der Waals surface area contributed by atoms with Gasteiger partial charge in [-0.2, -0.15) is 0 Å². The summed E-state index contributed by atoms with van der Waals surface area (Å²) >= 11 is 0. The van der Waals surface area contributed by atoms with Crippen LogP contribution in [0.1, 0.15) is 12.0 Å². The maximum Gasteiger partial charge on any atom is 0.315 e. The molecule has 1 aliphatic heterocycles. The number of carbonyl (C=O) groups excluding carboxylic acids is 1. The molecule has 0 saturated carbocycles. The summed E-state index contributed by atoms with van der Waals surface area (Å²) < 4.78 is 0. The summed E-state index contributed by atoms with van der Waals surface area (Å²) in [5, 5.41) is 18.4. The Labute approximate surface area is 107 Å². The first-order chi connectivity index (χ1) is 8.75. The fourth-order valence-corrected chi connectivity index (χ4v) is 2.01. The van der Waals surface area contributed by atoms with Crippen molar-refractivity contribution >= 4 is 6.03 Å². The molecular formula is C13H19N3O2. The summed E-state index contributed by atoms with van der Waals surface area (Å²) in [5.74, 6) is 0. The van der Waals surface area contributed by atoms with E-state index in [1.54, 1.807) is 0 Å². The first-order valence-corrected chi connectivity index (χ1v) is 6.23. The van der Waals surface area contributed by atoms with Crippen LogP contribution in [0.3, 0.4) is 0 Å². The average Bonchev–Trinajstić information content (AvgIpc) is 2.40. The molecule has 5 heteroatoms. The van der Waals surface area contributed by atoms with E-state index in [9.17, 15) is 9.90 Å². The summed E-state index contributed by atoms with van der Waals surface area (Å²) in [6.07, 6.45) is 0.237. The van der Waals surface area contributed by atoms with Crippen molar-refractivity contribution in [3.63, 3.8) is 0 Å². The minimum Gasteiger partial charge on any atom is -0.390 e. The lowest BCUT2D eigenvalue weighted by Gasteiger charge is -2.29. The molecule has 0 bridgehead atoms. The van der Waals surface area contributed by atoms with E-state index >= 15 is 0 Å². The molecule has 1 saturated heterocycles. The van der Waals surface area contributed by atoms with Crippen LogP contribution >= 0.6 is 0 Å². The van der Waals surface area contributed by atoms with E-state index in [1.807, 2.05) is 30.3 Å². The smallest absolute Gasteiger partial charge is 0.315 e. The molecule has 5 nitrogen and oxygen atoms in total. The second-order valence-electron chi connectivity index (χ2n) is 4.48. The zero-order chi connectivity index (χ0) is 12.8. The molecule has 98 valence electrons. The fourth-order valence-electron chi connectivity index (χ4n) is 2.01. The normalized spacial score (nSPS) is 23.4. The number of aliphatic hydroxyl groups is 1. The number of nitrogens with one attached hydrogen (secondary N) is 3. The van der Waals surface area contributed by atoms with Crippen molar-refractivity contribution in [3.8, 4) is 0 Å². The van der Waals surface area contributed by atoms with Gasteiger partial charge in [0, 0.05) is 13.1 Å². The van der Waals surface area contributed by atoms with Crippen LogP contribution < -0.4 is 16.0 Å². The highest BCUT2D eigenvalue weighted by atomic mass is 16.3. The van der Waals surface area contributed by atoms with E-state index in [0.29, 0.717) is 13.1 Å². The Morgan fingerprint density at radius 3 is 2.89 bits per heavy atom. The van der Waals surface area contributed by atoms with Crippen LogP contribution in [0.15, 0.2) is 30.3 Å². The van der Waals surface area contributed by atoms with Crippen molar-refractivity contribution in [2.45, 2.75) is 25.1 Å². The molecule has 0 unspecified atom stereocenters.